The van der Waals surface area contributed by atoms with Crippen LogP contribution in [0.5, 0.6) is 0 Å². The van der Waals surface area contributed by atoms with Crippen LogP contribution in [-0.4, -0.2) is 80.1 Å². The van der Waals surface area contributed by atoms with Gasteiger partial charge in [-0.2, -0.15) is 5.48 Å². The van der Waals surface area contributed by atoms with E-state index in [0.29, 0.717) is 24.2 Å². The molecule has 1 aliphatic carbocycles. The van der Waals surface area contributed by atoms with Gasteiger partial charge in [-0.3, -0.25) is 24.6 Å². The Morgan fingerprint density at radius 3 is 2.61 bits per heavy atom. The van der Waals surface area contributed by atoms with E-state index in [1.807, 2.05) is 0 Å². The van der Waals surface area contributed by atoms with Gasteiger partial charge < -0.3 is 21.3 Å². The molecule has 0 bridgehead atoms. The van der Waals surface area contributed by atoms with Crippen LogP contribution in [0.15, 0.2) is 0 Å². The van der Waals surface area contributed by atoms with Gasteiger partial charge in [0.25, 0.3) is 0 Å². The smallest absolute Gasteiger partial charge is 0.220 e. The van der Waals surface area contributed by atoms with E-state index in [-0.39, 0.29) is 30.1 Å². The number of nitrogens with zero attached hydrogens (tertiary/aromatic N) is 1. The minimum atomic E-state index is -0.136. The normalized spacial score (nSPS) is 40.8. The third kappa shape index (κ3) is 6.39. The van der Waals surface area contributed by atoms with E-state index in [4.69, 9.17) is 10.6 Å². The van der Waals surface area contributed by atoms with Crippen molar-refractivity contribution in [2.75, 3.05) is 32.7 Å². The van der Waals surface area contributed by atoms with Crippen LogP contribution in [-0.2, 0) is 14.4 Å². The summed E-state index contributed by atoms with van der Waals surface area (Å²) in [6.45, 7) is 7.17. The van der Waals surface area contributed by atoms with Crippen LogP contribution in [0.4, 0.5) is 0 Å². The number of amides is 2. The van der Waals surface area contributed by atoms with Crippen molar-refractivity contribution < 1.29 is 24.6 Å². The molecule has 204 valence electrons. The minimum absolute atomic E-state index is 0.0528. The number of hydrogen-bond acceptors (Lipinski definition) is 6. The van der Waals surface area contributed by atoms with E-state index in [1.165, 1.54) is 45.2 Å². The number of nitrogens with one attached hydrogen (secondary N) is 4. The maximum atomic E-state index is 11.5. The van der Waals surface area contributed by atoms with Gasteiger partial charge >= 0.3 is 0 Å². The lowest BCUT2D eigenvalue weighted by atomic mass is 9.85. The number of hydrogen-bond donors (Lipinski definition) is 6. The Morgan fingerprint density at radius 1 is 1.11 bits per heavy atom. The summed E-state index contributed by atoms with van der Waals surface area (Å²) in [6, 6.07) is 0.883. The second-order valence-electron chi connectivity index (χ2n) is 12.2. The summed E-state index contributed by atoms with van der Waals surface area (Å²) >= 11 is 0. The number of primary amides is 1. The van der Waals surface area contributed by atoms with Crippen LogP contribution in [0.3, 0.4) is 0 Å². The molecule has 5 rings (SSSR count). The highest BCUT2D eigenvalue weighted by Gasteiger charge is 2.45. The molecule has 4 aliphatic heterocycles. The molecule has 0 radical (unpaired) electrons. The Hall–Kier alpha value is -1.30. The zero-order valence-corrected chi connectivity index (χ0v) is 22.1. The number of hydroxylamine groups is 1. The Morgan fingerprint density at radius 2 is 1.89 bits per heavy atom. The van der Waals surface area contributed by atoms with E-state index in [1.54, 1.807) is 11.8 Å². The second-order valence-corrected chi connectivity index (χ2v) is 12.2. The molecule has 0 aromatic heterocycles. The molecule has 0 aromatic rings. The first-order chi connectivity index (χ1) is 17.5. The molecule has 0 aromatic carbocycles. The van der Waals surface area contributed by atoms with E-state index in [2.05, 4.69) is 26.3 Å². The quantitative estimate of drug-likeness (QED) is 0.237. The predicted octanol–water partition coefficient (Wildman–Crippen LogP) is -2.00. The lowest BCUT2D eigenvalue weighted by Crippen LogP contribution is -3.15. The Balaban J connectivity index is 1.08. The fourth-order valence-electron chi connectivity index (χ4n) is 7.69. The molecule has 1 saturated carbocycles. The Kier molecular flexibility index (Phi) is 8.80. The lowest BCUT2D eigenvalue weighted by Gasteiger charge is -2.39. The van der Waals surface area contributed by atoms with E-state index < -0.39 is 0 Å². The number of likely N-dealkylation sites (tertiary alicyclic amines) is 2. The molecule has 36 heavy (non-hydrogen) atoms. The number of rotatable bonds is 7. The van der Waals surface area contributed by atoms with E-state index in [9.17, 15) is 9.59 Å². The molecule has 6 atom stereocenters. The van der Waals surface area contributed by atoms with Gasteiger partial charge in [-0.05, 0) is 38.5 Å². The van der Waals surface area contributed by atoms with Crippen molar-refractivity contribution in [1.29, 1.82) is 0 Å². The maximum Gasteiger partial charge on any atom is 0.220 e. The fraction of sp³-hybridized carbons (Fsp3) is 0.923. The minimum Gasteiger partial charge on any atom is -0.369 e. The number of carbonyl (C=O) groups excluding carboxylic acids is 2. The summed E-state index contributed by atoms with van der Waals surface area (Å²) in [7, 11) is 0. The zero-order chi connectivity index (χ0) is 25.1. The summed E-state index contributed by atoms with van der Waals surface area (Å²) < 4.78 is 0. The van der Waals surface area contributed by atoms with Crippen LogP contribution >= 0.6 is 0 Å². The van der Waals surface area contributed by atoms with Crippen LogP contribution in [0, 0.1) is 17.8 Å². The summed E-state index contributed by atoms with van der Waals surface area (Å²) in [4.78, 5) is 33.4. The molecule has 2 amide bonds. The van der Waals surface area contributed by atoms with Crippen molar-refractivity contribution in [2.24, 2.45) is 23.5 Å². The van der Waals surface area contributed by atoms with Crippen LogP contribution in [0.25, 0.3) is 0 Å². The zero-order valence-electron chi connectivity index (χ0n) is 22.1. The van der Waals surface area contributed by atoms with Gasteiger partial charge in [-0.25, -0.2) is 0 Å². The molecule has 8 N–H and O–H groups in total. The average molecular weight is 508 g/mol. The first-order valence-corrected chi connectivity index (χ1v) is 14.6. The highest BCUT2D eigenvalue weighted by molar-refractivity contribution is 5.76. The van der Waals surface area contributed by atoms with Crippen LogP contribution in [0.1, 0.15) is 71.1 Å². The largest absolute Gasteiger partial charge is 0.369 e. The van der Waals surface area contributed by atoms with Gasteiger partial charge in [0.2, 0.25) is 11.8 Å². The highest BCUT2D eigenvalue weighted by atomic mass is 16.7. The number of quaternary nitrogens is 2. The van der Waals surface area contributed by atoms with Gasteiger partial charge in [-0.1, -0.05) is 0 Å². The molecule has 10 nitrogen and oxygen atoms in total. The highest BCUT2D eigenvalue weighted by Crippen LogP contribution is 2.26. The lowest BCUT2D eigenvalue weighted by molar-refractivity contribution is -0.919. The van der Waals surface area contributed by atoms with Crippen molar-refractivity contribution in [3.8, 4) is 0 Å². The molecule has 5 fully saturated rings. The monoisotopic (exact) mass is 507 g/mol. The van der Waals surface area contributed by atoms with Crippen molar-refractivity contribution in [2.45, 2.75) is 102 Å². The molecular formula is C26H49N7O3+2. The number of piperidine rings is 2. The van der Waals surface area contributed by atoms with Crippen molar-refractivity contribution in [1.82, 2.24) is 21.0 Å². The molecule has 0 spiro atoms. The Labute approximate surface area is 215 Å². The molecule has 4 heterocycles. The Bertz CT molecular complexity index is 754. The van der Waals surface area contributed by atoms with Gasteiger partial charge in [-0.15, -0.1) is 0 Å². The molecule has 5 aliphatic rings. The summed E-state index contributed by atoms with van der Waals surface area (Å²) in [5.74, 6) is 1.32. The van der Waals surface area contributed by atoms with Crippen molar-refractivity contribution >= 4 is 11.8 Å². The van der Waals surface area contributed by atoms with Crippen molar-refractivity contribution in [3.05, 3.63) is 0 Å². The second kappa shape index (κ2) is 12.0. The third-order valence-corrected chi connectivity index (χ3v) is 9.77. The summed E-state index contributed by atoms with van der Waals surface area (Å²) in [5, 5.41) is 9.44. The standard InChI is InChI=1S/C26H47N7O3/c1-17(34)29-21-6-4-18(5-7-21)16-33-12-2-3-22(33)26-30-25(31-36-26)20-8-11-28-23(15-20)32-13-9-19(10-14-32)24(27)35/h18-23,25-26,28,30-31H,2-16H2,1H3,(H2,27,35)(H,29,34)/p+2. The maximum absolute atomic E-state index is 11.5. The van der Waals surface area contributed by atoms with Crippen LogP contribution < -0.4 is 32.1 Å². The average Bonchev–Trinajstić information content (AvgIpc) is 3.55. The molecule has 4 saturated heterocycles. The fourth-order valence-corrected chi connectivity index (χ4v) is 7.69. The van der Waals surface area contributed by atoms with E-state index in [0.717, 1.165) is 57.7 Å². The first-order valence-electron chi connectivity index (χ1n) is 14.6. The topological polar surface area (TPSA) is 130 Å². The summed E-state index contributed by atoms with van der Waals surface area (Å²) in [6.07, 6.45) is 12.1. The number of carbonyl (C=O) groups is 2. The predicted molar refractivity (Wildman–Crippen MR) is 135 cm³/mol. The van der Waals surface area contributed by atoms with Gasteiger partial charge in [0.15, 0.2) is 6.23 Å². The SMILES string of the molecule is CC(=O)NC1CCC(C[NH+]2CCCC2C2NC(C3CC[NH2+]C(N4CCC(C(N)=O)CC4)C3)NO2)CC1. The summed E-state index contributed by atoms with van der Waals surface area (Å²) in [5.41, 5.74) is 8.92. The van der Waals surface area contributed by atoms with Crippen LogP contribution in [0.2, 0.25) is 0 Å². The molecular weight excluding hydrogens is 458 g/mol. The van der Waals surface area contributed by atoms with Gasteiger partial charge in [0.05, 0.1) is 25.8 Å². The van der Waals surface area contributed by atoms with Gasteiger partial charge in [0.1, 0.15) is 12.2 Å². The first kappa shape index (κ1) is 26.3. The molecule has 6 unspecified atom stereocenters. The number of nitrogens with two attached hydrogens (primary N) is 2. The van der Waals surface area contributed by atoms with Crippen molar-refractivity contribution in [3.63, 3.8) is 0 Å². The van der Waals surface area contributed by atoms with Gasteiger partial charge in [0, 0.05) is 69.5 Å². The third-order valence-electron chi connectivity index (χ3n) is 9.77. The van der Waals surface area contributed by atoms with E-state index >= 15 is 0 Å². The molecule has 10 heteroatoms.